The van der Waals surface area contributed by atoms with Crippen LogP contribution in [0.4, 0.5) is 11.4 Å². The van der Waals surface area contributed by atoms with Crippen molar-refractivity contribution < 1.29 is 23.4 Å². The Morgan fingerprint density at radius 2 is 1.85 bits per heavy atom. The van der Waals surface area contributed by atoms with Crippen LogP contribution in [-0.4, -0.2) is 34.6 Å². The Morgan fingerprint density at radius 1 is 1.12 bits per heavy atom. The normalized spacial score (nSPS) is 15.0. The SMILES string of the molecule is COC(=O)c1cc(C#N)ccc1NC(=O)c1ccc2c(c1)S(O)(O)N(c1ccc(Cl)cc1)CC2. The summed E-state index contributed by atoms with van der Waals surface area (Å²) in [7, 11) is -2.21. The van der Waals surface area contributed by atoms with E-state index in [0.29, 0.717) is 23.7 Å². The fourth-order valence-corrected chi connectivity index (χ4v) is 5.64. The molecule has 4 rings (SSSR count). The number of hydrogen-bond acceptors (Lipinski definition) is 7. The van der Waals surface area contributed by atoms with Gasteiger partial charge in [0, 0.05) is 17.1 Å². The van der Waals surface area contributed by atoms with Gasteiger partial charge in [0.2, 0.25) is 0 Å². The quantitative estimate of drug-likeness (QED) is 0.416. The first-order chi connectivity index (χ1) is 16.2. The molecule has 0 saturated carbocycles. The van der Waals surface area contributed by atoms with Crippen molar-refractivity contribution in [1.29, 1.82) is 5.26 Å². The van der Waals surface area contributed by atoms with Crippen LogP contribution < -0.4 is 9.62 Å². The van der Waals surface area contributed by atoms with Crippen molar-refractivity contribution in [2.75, 3.05) is 23.3 Å². The smallest absolute Gasteiger partial charge is 0.340 e. The first-order valence-corrected chi connectivity index (χ1v) is 12.0. The molecule has 0 unspecified atom stereocenters. The van der Waals surface area contributed by atoms with Crippen LogP contribution >= 0.6 is 22.4 Å². The highest BCUT2D eigenvalue weighted by Gasteiger charge is 2.33. The van der Waals surface area contributed by atoms with E-state index < -0.39 is 22.7 Å². The van der Waals surface area contributed by atoms with Gasteiger partial charge in [-0.25, -0.2) is 4.79 Å². The highest BCUT2D eigenvalue weighted by Crippen LogP contribution is 2.57. The number of halogens is 1. The van der Waals surface area contributed by atoms with Gasteiger partial charge in [-0.15, -0.1) is 0 Å². The van der Waals surface area contributed by atoms with E-state index in [-0.39, 0.29) is 27.3 Å². The van der Waals surface area contributed by atoms with Gasteiger partial charge in [-0.3, -0.25) is 18.2 Å². The number of anilines is 2. The molecule has 0 saturated heterocycles. The first-order valence-electron chi connectivity index (χ1n) is 10.1. The lowest BCUT2D eigenvalue weighted by atomic mass is 10.1. The average Bonchev–Trinajstić information content (AvgIpc) is 2.84. The van der Waals surface area contributed by atoms with Gasteiger partial charge in [-0.2, -0.15) is 5.26 Å². The number of nitriles is 1. The third kappa shape index (κ3) is 4.44. The Bertz CT molecular complexity index is 1320. The number of carbonyl (C=O) groups is 2. The molecule has 3 aromatic rings. The molecule has 3 N–H and O–H groups in total. The zero-order chi connectivity index (χ0) is 24.5. The van der Waals surface area contributed by atoms with Crippen molar-refractivity contribution in [2.45, 2.75) is 11.3 Å². The lowest BCUT2D eigenvalue weighted by Gasteiger charge is -2.48. The predicted octanol–water partition coefficient (Wildman–Crippen LogP) is 5.34. The highest BCUT2D eigenvalue weighted by molar-refractivity contribution is 8.25. The number of fused-ring (bicyclic) bond motifs is 1. The average molecular weight is 498 g/mol. The van der Waals surface area contributed by atoms with E-state index in [1.165, 1.54) is 35.7 Å². The Labute approximate surface area is 202 Å². The van der Waals surface area contributed by atoms with Gasteiger partial charge in [0.25, 0.3) is 5.91 Å². The van der Waals surface area contributed by atoms with Crippen molar-refractivity contribution in [2.24, 2.45) is 0 Å². The maximum absolute atomic E-state index is 13.0. The summed E-state index contributed by atoms with van der Waals surface area (Å²) in [5.41, 5.74) is 1.95. The molecule has 0 aromatic heterocycles. The molecule has 1 aliphatic heterocycles. The standard InChI is InChI=1S/C24H20ClN3O5S/c1-33-24(30)20-12-15(14-26)2-9-21(20)27-23(29)17-4-3-16-10-11-28(34(31,32)22(16)13-17)19-7-5-18(25)6-8-19/h2-9,12-13,31-32H,10-11H2,1H3,(H,27,29). The Balaban J connectivity index is 1.65. The topological polar surface area (TPSA) is 123 Å². The molecule has 0 spiro atoms. The summed E-state index contributed by atoms with van der Waals surface area (Å²) in [6, 6.07) is 17.7. The van der Waals surface area contributed by atoms with Gasteiger partial charge in [0.15, 0.2) is 0 Å². The summed E-state index contributed by atoms with van der Waals surface area (Å²) in [4.78, 5) is 25.4. The predicted molar refractivity (Wildman–Crippen MR) is 131 cm³/mol. The van der Waals surface area contributed by atoms with Crippen LogP contribution in [0.25, 0.3) is 0 Å². The first kappa shape index (κ1) is 23.6. The summed E-state index contributed by atoms with van der Waals surface area (Å²) < 4.78 is 28.5. The van der Waals surface area contributed by atoms with Crippen LogP contribution in [0.3, 0.4) is 0 Å². The van der Waals surface area contributed by atoms with Crippen LogP contribution in [-0.2, 0) is 11.2 Å². The van der Waals surface area contributed by atoms with E-state index >= 15 is 0 Å². The molecular formula is C24H20ClN3O5S. The number of nitrogens with one attached hydrogen (secondary N) is 1. The molecule has 0 radical (unpaired) electrons. The summed E-state index contributed by atoms with van der Waals surface area (Å²) >= 11 is 5.96. The largest absolute Gasteiger partial charge is 0.465 e. The van der Waals surface area contributed by atoms with Crippen molar-refractivity contribution in [1.82, 2.24) is 0 Å². The van der Waals surface area contributed by atoms with Gasteiger partial charge in [-0.1, -0.05) is 28.4 Å². The maximum Gasteiger partial charge on any atom is 0.340 e. The molecule has 0 aliphatic carbocycles. The van der Waals surface area contributed by atoms with Gasteiger partial charge < -0.3 is 10.1 Å². The molecule has 8 nitrogen and oxygen atoms in total. The number of amides is 1. The molecule has 34 heavy (non-hydrogen) atoms. The third-order valence-corrected chi connectivity index (χ3v) is 7.66. The minimum absolute atomic E-state index is 0.0334. The molecule has 3 aromatic carbocycles. The lowest BCUT2D eigenvalue weighted by Crippen LogP contribution is -2.34. The number of rotatable bonds is 4. The zero-order valence-corrected chi connectivity index (χ0v) is 19.6. The number of carbonyl (C=O) groups excluding carboxylic acids is 2. The molecule has 0 fully saturated rings. The van der Waals surface area contributed by atoms with Crippen LogP contribution in [0.2, 0.25) is 5.02 Å². The summed E-state index contributed by atoms with van der Waals surface area (Å²) in [6.45, 7) is 0.385. The van der Waals surface area contributed by atoms with E-state index in [4.69, 9.17) is 21.6 Å². The molecule has 1 amide bonds. The Hall–Kier alpha value is -3.55. The summed E-state index contributed by atoms with van der Waals surface area (Å²) in [6.07, 6.45) is 0.553. The second-order valence-electron chi connectivity index (χ2n) is 7.49. The highest BCUT2D eigenvalue weighted by atomic mass is 35.5. The summed E-state index contributed by atoms with van der Waals surface area (Å²) in [5.74, 6) is -1.26. The fourth-order valence-electron chi connectivity index (χ4n) is 3.70. The minimum atomic E-state index is -3.41. The number of ether oxygens (including phenoxy) is 1. The van der Waals surface area contributed by atoms with Crippen molar-refractivity contribution >= 4 is 45.6 Å². The van der Waals surface area contributed by atoms with Crippen LogP contribution in [0, 0.1) is 11.3 Å². The molecule has 10 heteroatoms. The zero-order valence-electron chi connectivity index (χ0n) is 18.0. The van der Waals surface area contributed by atoms with Gasteiger partial charge in [0.1, 0.15) is 0 Å². The Kier molecular flexibility index (Phi) is 6.50. The fraction of sp³-hybridized carbons (Fsp3) is 0.125. The Morgan fingerprint density at radius 3 is 2.53 bits per heavy atom. The van der Waals surface area contributed by atoms with E-state index in [0.717, 1.165) is 5.56 Å². The third-order valence-electron chi connectivity index (χ3n) is 5.43. The number of nitrogens with zero attached hydrogens (tertiary/aromatic N) is 2. The number of esters is 1. The second kappa shape index (κ2) is 9.37. The van der Waals surface area contributed by atoms with Gasteiger partial charge in [-0.05, 0) is 66.6 Å². The number of hydrogen-bond donors (Lipinski definition) is 3. The number of benzene rings is 3. The van der Waals surface area contributed by atoms with Crippen LogP contribution in [0.5, 0.6) is 0 Å². The van der Waals surface area contributed by atoms with E-state index in [1.807, 2.05) is 6.07 Å². The second-order valence-corrected chi connectivity index (χ2v) is 9.84. The molecular weight excluding hydrogens is 478 g/mol. The minimum Gasteiger partial charge on any atom is -0.465 e. The molecule has 1 heterocycles. The van der Waals surface area contributed by atoms with Crippen LogP contribution in [0.15, 0.2) is 65.6 Å². The molecule has 0 atom stereocenters. The van der Waals surface area contributed by atoms with Gasteiger partial charge >= 0.3 is 5.97 Å². The van der Waals surface area contributed by atoms with Gasteiger partial charge in [0.05, 0.1) is 40.6 Å². The molecule has 0 bridgehead atoms. The lowest BCUT2D eigenvalue weighted by molar-refractivity contribution is 0.0602. The molecule has 174 valence electrons. The monoisotopic (exact) mass is 497 g/mol. The number of methoxy groups -OCH3 is 1. The van der Waals surface area contributed by atoms with Crippen molar-refractivity contribution in [3.05, 3.63) is 87.9 Å². The molecule has 1 aliphatic rings. The van der Waals surface area contributed by atoms with Crippen LogP contribution in [0.1, 0.15) is 31.8 Å². The summed E-state index contributed by atoms with van der Waals surface area (Å²) in [5, 5.41) is 12.3. The maximum atomic E-state index is 13.0. The van der Waals surface area contributed by atoms with Crippen molar-refractivity contribution in [3.63, 3.8) is 0 Å². The van der Waals surface area contributed by atoms with E-state index in [9.17, 15) is 18.7 Å². The van der Waals surface area contributed by atoms with E-state index in [2.05, 4.69) is 5.32 Å². The van der Waals surface area contributed by atoms with E-state index in [1.54, 1.807) is 36.4 Å². The van der Waals surface area contributed by atoms with Crippen molar-refractivity contribution in [3.8, 4) is 6.07 Å².